The van der Waals surface area contributed by atoms with Gasteiger partial charge in [0.15, 0.2) is 0 Å². The molecule has 1 atom stereocenters. The van der Waals surface area contributed by atoms with Crippen molar-refractivity contribution < 1.29 is 14.6 Å². The lowest BCUT2D eigenvalue weighted by Crippen LogP contribution is -2.23. The number of rotatable bonds is 6. The monoisotopic (exact) mass is 476 g/mol. The third kappa shape index (κ3) is 4.15. The molecule has 2 N–H and O–H groups in total. The van der Waals surface area contributed by atoms with Gasteiger partial charge in [-0.3, -0.25) is 0 Å². The molecule has 2 aromatic carbocycles. The Kier molecular flexibility index (Phi) is 5.58. The van der Waals surface area contributed by atoms with Gasteiger partial charge >= 0.3 is 5.97 Å². The molecule has 0 spiro atoms. The summed E-state index contributed by atoms with van der Waals surface area (Å²) in [5, 5.41) is 10.6. The summed E-state index contributed by atoms with van der Waals surface area (Å²) in [7, 11) is 0. The molecule has 1 aliphatic heterocycles. The van der Waals surface area contributed by atoms with Gasteiger partial charge in [0.05, 0.1) is 12.2 Å². The number of H-pyrrole nitrogens is 1. The van der Waals surface area contributed by atoms with Crippen LogP contribution < -0.4 is 9.64 Å². The van der Waals surface area contributed by atoms with E-state index in [9.17, 15) is 9.90 Å². The quantitative estimate of drug-likeness (QED) is 0.292. The van der Waals surface area contributed by atoms with Crippen LogP contribution in [-0.4, -0.2) is 32.6 Å². The van der Waals surface area contributed by atoms with E-state index in [1.807, 2.05) is 36.5 Å². The Morgan fingerprint density at radius 3 is 2.64 bits per heavy atom. The predicted molar refractivity (Wildman–Crippen MR) is 139 cm³/mol. The average Bonchev–Trinajstić information content (AvgIpc) is 3.59. The van der Waals surface area contributed by atoms with Crippen molar-refractivity contribution in [1.29, 1.82) is 0 Å². The van der Waals surface area contributed by atoms with Gasteiger partial charge in [0.25, 0.3) is 0 Å². The molecule has 5 aromatic rings. The number of carboxylic acids is 1. The van der Waals surface area contributed by atoms with E-state index in [4.69, 9.17) is 9.72 Å². The zero-order valence-electron chi connectivity index (χ0n) is 19.5. The van der Waals surface area contributed by atoms with Crippen LogP contribution in [0.1, 0.15) is 34.8 Å². The van der Waals surface area contributed by atoms with E-state index < -0.39 is 5.97 Å². The predicted octanol–water partition coefficient (Wildman–Crippen LogP) is 6.46. The highest BCUT2D eigenvalue weighted by Crippen LogP contribution is 2.36. The highest BCUT2D eigenvalue weighted by atomic mass is 16.5. The number of aromatic amines is 1. The topological polar surface area (TPSA) is 91.3 Å². The van der Waals surface area contributed by atoms with Gasteiger partial charge in [0, 0.05) is 29.9 Å². The number of nitrogens with zero attached hydrogens (tertiary/aromatic N) is 3. The minimum Gasteiger partial charge on any atom is -0.478 e. The Morgan fingerprint density at radius 1 is 0.972 bits per heavy atom. The molecular formula is C29H24N4O3. The van der Waals surface area contributed by atoms with E-state index in [2.05, 4.69) is 39.1 Å². The molecule has 0 amide bonds. The lowest BCUT2D eigenvalue weighted by atomic mass is 10.0. The summed E-state index contributed by atoms with van der Waals surface area (Å²) in [5.74, 6) is 0.608. The van der Waals surface area contributed by atoms with Crippen molar-refractivity contribution in [2.24, 2.45) is 0 Å². The van der Waals surface area contributed by atoms with Crippen molar-refractivity contribution in [3.05, 3.63) is 103 Å². The molecule has 0 aliphatic carbocycles. The van der Waals surface area contributed by atoms with Gasteiger partial charge in [-0.1, -0.05) is 36.4 Å². The fraction of sp³-hybridized carbons (Fsp3) is 0.138. The summed E-state index contributed by atoms with van der Waals surface area (Å²) in [6, 6.07) is 23.7. The molecule has 1 unspecified atom stereocenters. The number of hydrogen-bond donors (Lipinski definition) is 2. The zero-order chi connectivity index (χ0) is 24.5. The van der Waals surface area contributed by atoms with Gasteiger partial charge in [0.1, 0.15) is 28.5 Å². The van der Waals surface area contributed by atoms with Gasteiger partial charge in [-0.05, 0) is 60.4 Å². The van der Waals surface area contributed by atoms with E-state index in [-0.39, 0.29) is 11.3 Å². The Bertz CT molecular complexity index is 1530. The van der Waals surface area contributed by atoms with Gasteiger partial charge < -0.3 is 19.7 Å². The first-order valence-corrected chi connectivity index (χ1v) is 11.9. The maximum absolute atomic E-state index is 11.9. The summed E-state index contributed by atoms with van der Waals surface area (Å²) >= 11 is 0. The summed E-state index contributed by atoms with van der Waals surface area (Å²) in [6.07, 6.45) is 7.44. The number of aromatic carboxylic acids is 1. The van der Waals surface area contributed by atoms with Crippen molar-refractivity contribution in [2.45, 2.75) is 18.9 Å². The van der Waals surface area contributed by atoms with Crippen molar-refractivity contribution in [2.75, 3.05) is 11.4 Å². The van der Waals surface area contributed by atoms with Crippen LogP contribution in [0, 0.1) is 0 Å². The number of fused-ring (bicyclic) bond motifs is 1. The second-order valence-corrected chi connectivity index (χ2v) is 8.87. The number of carboxylic acid groups (broad SMARTS) is 1. The number of aromatic nitrogens is 3. The average molecular weight is 477 g/mol. The standard InChI is InChI=1S/C29H24N4O3/c34-29(35)24-10-8-20(16-26(24)36-23-15-21-12-13-30-28(21)32-18-23)22-9-11-27(31-17-22)33-14-4-7-25(33)19-5-2-1-3-6-19/h1-3,5-6,8-13,15-18,25H,4,7,14H2,(H,30,32)(H,34,35). The molecule has 3 aromatic heterocycles. The Hall–Kier alpha value is -4.65. The molecule has 1 aliphatic rings. The molecule has 1 fully saturated rings. The fourth-order valence-corrected chi connectivity index (χ4v) is 4.85. The van der Waals surface area contributed by atoms with Crippen molar-refractivity contribution in [3.8, 4) is 22.6 Å². The molecule has 4 heterocycles. The lowest BCUT2D eigenvalue weighted by Gasteiger charge is -2.26. The Balaban J connectivity index is 1.28. The first-order chi connectivity index (χ1) is 17.7. The van der Waals surface area contributed by atoms with Crippen LogP contribution in [0.4, 0.5) is 5.82 Å². The maximum Gasteiger partial charge on any atom is 0.339 e. The number of nitrogens with one attached hydrogen (secondary N) is 1. The highest BCUT2D eigenvalue weighted by molar-refractivity contribution is 5.92. The van der Waals surface area contributed by atoms with Crippen LogP contribution in [0.5, 0.6) is 11.5 Å². The number of benzene rings is 2. The van der Waals surface area contributed by atoms with Crippen molar-refractivity contribution >= 4 is 22.8 Å². The lowest BCUT2D eigenvalue weighted by molar-refractivity contribution is 0.0694. The summed E-state index contributed by atoms with van der Waals surface area (Å²) < 4.78 is 5.99. The van der Waals surface area contributed by atoms with Gasteiger partial charge in [0.2, 0.25) is 0 Å². The first-order valence-electron chi connectivity index (χ1n) is 11.9. The zero-order valence-corrected chi connectivity index (χ0v) is 19.5. The third-order valence-electron chi connectivity index (χ3n) is 6.63. The number of anilines is 1. The second kappa shape index (κ2) is 9.19. The molecule has 1 saturated heterocycles. The smallest absolute Gasteiger partial charge is 0.339 e. The summed E-state index contributed by atoms with van der Waals surface area (Å²) in [5.41, 5.74) is 3.84. The van der Waals surface area contributed by atoms with Crippen molar-refractivity contribution in [3.63, 3.8) is 0 Å². The largest absolute Gasteiger partial charge is 0.478 e. The molecule has 0 saturated carbocycles. The number of pyridine rings is 2. The first kappa shape index (κ1) is 21.9. The number of ether oxygens (including phenoxy) is 1. The summed E-state index contributed by atoms with van der Waals surface area (Å²) in [4.78, 5) is 26.3. The van der Waals surface area contributed by atoms with E-state index in [0.29, 0.717) is 11.8 Å². The third-order valence-corrected chi connectivity index (χ3v) is 6.63. The fourth-order valence-electron chi connectivity index (χ4n) is 4.85. The van der Waals surface area contributed by atoms with Crippen LogP contribution in [0.2, 0.25) is 0 Å². The SMILES string of the molecule is O=C(O)c1ccc(-c2ccc(N3CCCC3c3ccccc3)nc2)cc1Oc1cnc2[nH]ccc2c1. The second-order valence-electron chi connectivity index (χ2n) is 8.87. The number of hydrogen-bond acceptors (Lipinski definition) is 5. The van der Waals surface area contributed by atoms with Gasteiger partial charge in [-0.15, -0.1) is 0 Å². The molecular weight excluding hydrogens is 452 g/mol. The van der Waals surface area contributed by atoms with Crippen LogP contribution in [0.3, 0.4) is 0 Å². The van der Waals surface area contributed by atoms with E-state index in [1.54, 1.807) is 30.6 Å². The molecule has 0 bridgehead atoms. The summed E-state index contributed by atoms with van der Waals surface area (Å²) in [6.45, 7) is 0.969. The Labute approximate surface area is 208 Å². The van der Waals surface area contributed by atoms with E-state index in [1.165, 1.54) is 5.56 Å². The minimum atomic E-state index is -1.05. The van der Waals surface area contributed by atoms with Crippen LogP contribution in [-0.2, 0) is 0 Å². The molecule has 6 rings (SSSR count). The number of carbonyl (C=O) groups is 1. The molecule has 7 nitrogen and oxygen atoms in total. The molecule has 36 heavy (non-hydrogen) atoms. The normalized spacial score (nSPS) is 15.3. The maximum atomic E-state index is 11.9. The molecule has 7 heteroatoms. The highest BCUT2D eigenvalue weighted by Gasteiger charge is 2.27. The van der Waals surface area contributed by atoms with Crippen LogP contribution in [0.15, 0.2) is 91.4 Å². The van der Waals surface area contributed by atoms with Crippen LogP contribution in [0.25, 0.3) is 22.2 Å². The van der Waals surface area contributed by atoms with Crippen molar-refractivity contribution in [1.82, 2.24) is 15.0 Å². The molecule has 178 valence electrons. The van der Waals surface area contributed by atoms with Gasteiger partial charge in [-0.25, -0.2) is 14.8 Å². The van der Waals surface area contributed by atoms with Gasteiger partial charge in [-0.2, -0.15) is 0 Å². The van der Waals surface area contributed by atoms with E-state index >= 15 is 0 Å². The van der Waals surface area contributed by atoms with E-state index in [0.717, 1.165) is 47.4 Å². The minimum absolute atomic E-state index is 0.0836. The van der Waals surface area contributed by atoms with Crippen LogP contribution >= 0.6 is 0 Å². The molecule has 0 radical (unpaired) electrons. The Morgan fingerprint density at radius 2 is 1.83 bits per heavy atom.